The molecule has 5 aliphatic rings. The van der Waals surface area contributed by atoms with Crippen LogP contribution in [-0.4, -0.2) is 93.1 Å². The minimum atomic E-state index is -1.58. The first-order valence-electron chi connectivity index (χ1n) is 13.6. The molecule has 3 aliphatic heterocycles. The van der Waals surface area contributed by atoms with Gasteiger partial charge in [-0.15, -0.1) is 0 Å². The van der Waals surface area contributed by atoms with Gasteiger partial charge in [-0.05, 0) is 58.5 Å². The average Bonchev–Trinajstić information content (AvgIpc) is 3.26. The highest BCUT2D eigenvalue weighted by molar-refractivity contribution is 5.79. The van der Waals surface area contributed by atoms with Crippen molar-refractivity contribution < 1.29 is 18.3 Å². The maximum atomic E-state index is 14.4. The maximum Gasteiger partial charge on any atom is 0.223 e. The van der Waals surface area contributed by atoms with Gasteiger partial charge in [-0.2, -0.15) is 0 Å². The number of hydrogen-bond donors (Lipinski definition) is 6. The van der Waals surface area contributed by atoms with Crippen LogP contribution in [0.4, 0.5) is 8.78 Å². The summed E-state index contributed by atoms with van der Waals surface area (Å²) in [7, 11) is 2.14. The van der Waals surface area contributed by atoms with E-state index in [1.807, 2.05) is 0 Å². The highest BCUT2D eigenvalue weighted by Crippen LogP contribution is 2.37. The first-order valence-corrected chi connectivity index (χ1v) is 13.6. The summed E-state index contributed by atoms with van der Waals surface area (Å²) in [4.78, 5) is 15.5. The lowest BCUT2D eigenvalue weighted by atomic mass is 9.76. The molecule has 9 nitrogen and oxygen atoms in total. The maximum absolute atomic E-state index is 14.4. The highest BCUT2D eigenvalue weighted by atomic mass is 19.2. The van der Waals surface area contributed by atoms with Crippen LogP contribution in [0.1, 0.15) is 51.4 Å². The predicted octanol–water partition coefficient (Wildman–Crippen LogP) is 0.0955. The summed E-state index contributed by atoms with van der Waals surface area (Å²) in [6.45, 7) is 3.04. The fraction of sp³-hybridized carbons (Fsp3) is 0.958. The number of halogens is 2. The van der Waals surface area contributed by atoms with Crippen molar-refractivity contribution >= 4 is 5.91 Å². The minimum absolute atomic E-state index is 0.0414. The number of ether oxygens (including phenoxy) is 1. The van der Waals surface area contributed by atoms with E-state index in [1.54, 1.807) is 0 Å². The van der Waals surface area contributed by atoms with Crippen LogP contribution in [0.5, 0.6) is 0 Å². The van der Waals surface area contributed by atoms with Crippen LogP contribution in [0.15, 0.2) is 0 Å². The number of fused-ring (bicyclic) bond motifs is 1. The zero-order valence-electron chi connectivity index (χ0n) is 20.8. The number of carbonyl (C=O) groups excluding carboxylic acids is 1. The molecule has 6 N–H and O–H groups in total. The zero-order valence-corrected chi connectivity index (χ0v) is 20.8. The van der Waals surface area contributed by atoms with Crippen molar-refractivity contribution in [1.29, 1.82) is 0 Å². The molecule has 10 atom stereocenters. The van der Waals surface area contributed by atoms with Crippen LogP contribution in [0.2, 0.25) is 0 Å². The quantitative estimate of drug-likeness (QED) is 0.306. The third-order valence-corrected chi connectivity index (χ3v) is 8.92. The molecule has 5 rings (SSSR count). The number of rotatable bonds is 6. The summed E-state index contributed by atoms with van der Waals surface area (Å²) in [6, 6.07) is 0.576. The van der Waals surface area contributed by atoms with Gasteiger partial charge in [-0.1, -0.05) is 6.42 Å². The molecule has 3 saturated heterocycles. The van der Waals surface area contributed by atoms with Crippen LogP contribution in [0.3, 0.4) is 0 Å². The fourth-order valence-electron chi connectivity index (χ4n) is 6.76. The van der Waals surface area contributed by atoms with Crippen LogP contribution < -0.4 is 32.1 Å². The fourth-order valence-corrected chi connectivity index (χ4v) is 6.76. The van der Waals surface area contributed by atoms with E-state index in [-0.39, 0.29) is 42.5 Å². The third kappa shape index (κ3) is 5.81. The minimum Gasteiger partial charge on any atom is -0.375 e. The molecule has 2 saturated carbocycles. The van der Waals surface area contributed by atoms with E-state index < -0.39 is 18.4 Å². The Labute approximate surface area is 207 Å². The van der Waals surface area contributed by atoms with Gasteiger partial charge < -0.3 is 20.7 Å². The molecule has 200 valence electrons. The van der Waals surface area contributed by atoms with E-state index in [0.717, 1.165) is 51.9 Å². The molecule has 0 spiro atoms. The summed E-state index contributed by atoms with van der Waals surface area (Å²) in [5.74, 6) is -0.110. The second-order valence-corrected chi connectivity index (χ2v) is 11.1. The van der Waals surface area contributed by atoms with Gasteiger partial charge >= 0.3 is 0 Å². The van der Waals surface area contributed by atoms with Crippen molar-refractivity contribution in [2.45, 2.75) is 100 Å². The largest absolute Gasteiger partial charge is 0.375 e. The van der Waals surface area contributed by atoms with Gasteiger partial charge in [-0.25, -0.2) is 19.6 Å². The van der Waals surface area contributed by atoms with Gasteiger partial charge in [0.2, 0.25) is 5.91 Å². The lowest BCUT2D eigenvalue weighted by Gasteiger charge is -2.44. The van der Waals surface area contributed by atoms with E-state index in [0.29, 0.717) is 31.5 Å². The third-order valence-electron chi connectivity index (χ3n) is 8.92. The van der Waals surface area contributed by atoms with E-state index in [9.17, 15) is 13.6 Å². The molecule has 5 fully saturated rings. The molecule has 0 aromatic heterocycles. The number of nitrogens with one attached hydrogen (secondary N) is 6. The number of hydrazine groups is 1. The van der Waals surface area contributed by atoms with Crippen LogP contribution >= 0.6 is 0 Å². The lowest BCUT2D eigenvalue weighted by Crippen LogP contribution is -2.58. The Morgan fingerprint density at radius 1 is 1.11 bits per heavy atom. The topological polar surface area (TPSA) is 102 Å². The average molecular weight is 500 g/mol. The molecule has 1 amide bonds. The smallest absolute Gasteiger partial charge is 0.223 e. The Morgan fingerprint density at radius 3 is 2.83 bits per heavy atom. The summed E-state index contributed by atoms with van der Waals surface area (Å²) in [6.07, 6.45) is 2.96. The molecular weight excluding hydrogens is 456 g/mol. The first-order chi connectivity index (χ1) is 17.0. The van der Waals surface area contributed by atoms with Crippen molar-refractivity contribution in [3.05, 3.63) is 0 Å². The van der Waals surface area contributed by atoms with Crippen molar-refractivity contribution in [2.24, 2.45) is 11.8 Å². The van der Waals surface area contributed by atoms with E-state index in [2.05, 4.69) is 44.1 Å². The number of alkyl halides is 2. The molecule has 0 aromatic carbocycles. The molecule has 0 bridgehead atoms. The second-order valence-electron chi connectivity index (χ2n) is 11.1. The van der Waals surface area contributed by atoms with E-state index in [1.165, 1.54) is 0 Å². The van der Waals surface area contributed by atoms with Gasteiger partial charge in [0.05, 0.1) is 18.4 Å². The Morgan fingerprint density at radius 2 is 2.00 bits per heavy atom. The molecule has 3 heterocycles. The Hall–Kier alpha value is -0.950. The molecule has 2 aliphatic carbocycles. The zero-order chi connectivity index (χ0) is 24.4. The van der Waals surface area contributed by atoms with Gasteiger partial charge in [0, 0.05) is 49.8 Å². The first kappa shape index (κ1) is 25.7. The number of likely N-dealkylation sites (N-methyl/N-ethyl adjacent to an activating group) is 1. The van der Waals surface area contributed by atoms with Crippen LogP contribution in [0.25, 0.3) is 0 Å². The second kappa shape index (κ2) is 11.6. The monoisotopic (exact) mass is 499 g/mol. The number of amides is 1. The van der Waals surface area contributed by atoms with Crippen LogP contribution in [-0.2, 0) is 9.53 Å². The van der Waals surface area contributed by atoms with Gasteiger partial charge in [-0.3, -0.25) is 15.0 Å². The summed E-state index contributed by atoms with van der Waals surface area (Å²) >= 11 is 0. The van der Waals surface area contributed by atoms with Crippen molar-refractivity contribution in [2.75, 3.05) is 33.4 Å². The van der Waals surface area contributed by atoms with Gasteiger partial charge in [0.15, 0.2) is 6.17 Å². The standard InChI is InChI=1S/C24H43F2N7O2/c1-33-20(31-32-23(33)19-7-9-27-13-29-19)12-28-15-4-2-3-14(11-15)24(34)30-18-8-10-35-22-16(18)5-6-17(25)21(22)26/h14-23,27-29,31-32H,2-13H2,1H3,(H,30,34)/t14?,15?,16?,17?,18-,19?,20?,21?,22?,23?/m1/s1. The normalized spacial score (nSPS) is 45.1. The highest BCUT2D eigenvalue weighted by Gasteiger charge is 2.47. The molecular formula is C24H43F2N7O2. The summed E-state index contributed by atoms with van der Waals surface area (Å²) < 4.78 is 33.8. The van der Waals surface area contributed by atoms with Gasteiger partial charge in [0.1, 0.15) is 6.17 Å². The number of nitrogens with zero attached hydrogens (tertiary/aromatic N) is 1. The Kier molecular flexibility index (Phi) is 8.53. The molecule has 9 unspecified atom stereocenters. The Balaban J connectivity index is 1.08. The Bertz CT molecular complexity index is 715. The number of carbonyl (C=O) groups is 1. The van der Waals surface area contributed by atoms with E-state index in [4.69, 9.17) is 4.74 Å². The lowest BCUT2D eigenvalue weighted by molar-refractivity contribution is -0.138. The predicted molar refractivity (Wildman–Crippen MR) is 129 cm³/mol. The molecule has 0 radical (unpaired) electrons. The molecule has 11 heteroatoms. The van der Waals surface area contributed by atoms with Crippen molar-refractivity contribution in [3.8, 4) is 0 Å². The van der Waals surface area contributed by atoms with Crippen LogP contribution in [0, 0.1) is 11.8 Å². The van der Waals surface area contributed by atoms with E-state index >= 15 is 0 Å². The summed E-state index contributed by atoms with van der Waals surface area (Å²) in [5.41, 5.74) is 6.86. The number of hydrogen-bond acceptors (Lipinski definition) is 8. The van der Waals surface area contributed by atoms with Crippen molar-refractivity contribution in [3.63, 3.8) is 0 Å². The SMILES string of the molecule is CN1C(CNC2CCCC(C(=O)N[C@@H]3CCOC4C(F)C(F)CCC43)C2)NNC1C1CCNCN1. The summed E-state index contributed by atoms with van der Waals surface area (Å²) in [5, 5.41) is 13.8. The molecule has 0 aromatic rings. The van der Waals surface area contributed by atoms with Gasteiger partial charge in [0.25, 0.3) is 0 Å². The van der Waals surface area contributed by atoms with Crippen molar-refractivity contribution in [1.82, 2.24) is 37.0 Å². The molecule has 35 heavy (non-hydrogen) atoms.